The summed E-state index contributed by atoms with van der Waals surface area (Å²) in [6.07, 6.45) is 0. The van der Waals surface area contributed by atoms with Crippen molar-refractivity contribution in [1.29, 1.82) is 0 Å². The fourth-order valence-corrected chi connectivity index (χ4v) is 4.20. The smallest absolute Gasteiger partial charge is 0.256 e. The molecule has 4 rings (SSSR count). The number of amides is 2. The van der Waals surface area contributed by atoms with Gasteiger partial charge in [0.05, 0.1) is 16.9 Å². The Bertz CT molecular complexity index is 1380. The molecule has 4 N–H and O–H groups in total. The summed E-state index contributed by atoms with van der Waals surface area (Å²) >= 11 is 3.36. The zero-order chi connectivity index (χ0) is 24.2. The number of thiophene rings is 1. The molecule has 10 heteroatoms. The maximum atomic E-state index is 14.4. The average molecular weight is 591 g/mol. The van der Waals surface area contributed by atoms with Crippen molar-refractivity contribution in [1.82, 2.24) is 0 Å². The SMILES string of the molecule is NC(=O)c1c(Nc2ccc(I)cc2F)cc(F)cc1Oc1cccc(NC(=O)c2ccsc2)c1. The number of nitrogens with two attached hydrogens (primary N) is 1. The number of hydrogen-bond acceptors (Lipinski definition) is 5. The lowest BCUT2D eigenvalue weighted by atomic mass is 10.1. The number of nitrogens with one attached hydrogen (secondary N) is 2. The van der Waals surface area contributed by atoms with Crippen molar-refractivity contribution in [2.75, 3.05) is 10.6 Å². The van der Waals surface area contributed by atoms with Crippen LogP contribution in [0.3, 0.4) is 0 Å². The summed E-state index contributed by atoms with van der Waals surface area (Å²) in [5.41, 5.74) is 6.33. The lowest BCUT2D eigenvalue weighted by Crippen LogP contribution is -2.15. The highest BCUT2D eigenvalue weighted by atomic mass is 127. The molecule has 4 aromatic rings. The molecule has 0 aliphatic carbocycles. The van der Waals surface area contributed by atoms with E-state index in [1.165, 1.54) is 29.5 Å². The van der Waals surface area contributed by atoms with E-state index in [0.717, 1.165) is 12.1 Å². The Morgan fingerprint density at radius 3 is 2.53 bits per heavy atom. The summed E-state index contributed by atoms with van der Waals surface area (Å²) in [4.78, 5) is 24.6. The lowest BCUT2D eigenvalue weighted by molar-refractivity contribution is 0.0996. The third-order valence-corrected chi connectivity index (χ3v) is 5.97. The highest BCUT2D eigenvalue weighted by Gasteiger charge is 2.20. The first-order chi connectivity index (χ1) is 16.3. The molecule has 0 spiro atoms. The molecule has 0 aliphatic rings. The van der Waals surface area contributed by atoms with Crippen LogP contribution in [0.4, 0.5) is 25.8 Å². The molecule has 172 valence electrons. The third-order valence-electron chi connectivity index (χ3n) is 4.62. The fraction of sp³-hybridized carbons (Fsp3) is 0. The first-order valence-electron chi connectivity index (χ1n) is 9.77. The van der Waals surface area contributed by atoms with Gasteiger partial charge in [-0.3, -0.25) is 9.59 Å². The quantitative estimate of drug-likeness (QED) is 0.214. The van der Waals surface area contributed by atoms with Gasteiger partial charge in [-0.1, -0.05) is 6.07 Å². The molecule has 0 aliphatic heterocycles. The van der Waals surface area contributed by atoms with Crippen molar-refractivity contribution in [3.63, 3.8) is 0 Å². The zero-order valence-corrected chi connectivity index (χ0v) is 20.2. The van der Waals surface area contributed by atoms with Gasteiger partial charge >= 0.3 is 0 Å². The molecule has 34 heavy (non-hydrogen) atoms. The summed E-state index contributed by atoms with van der Waals surface area (Å²) in [5.74, 6) is -2.44. The maximum Gasteiger partial charge on any atom is 0.256 e. The van der Waals surface area contributed by atoms with Crippen molar-refractivity contribution in [3.8, 4) is 11.5 Å². The average Bonchev–Trinajstić information content (AvgIpc) is 3.31. The summed E-state index contributed by atoms with van der Waals surface area (Å²) in [6, 6.07) is 14.5. The number of anilines is 3. The van der Waals surface area contributed by atoms with E-state index >= 15 is 0 Å². The van der Waals surface area contributed by atoms with Gasteiger partial charge in [-0.15, -0.1) is 0 Å². The van der Waals surface area contributed by atoms with E-state index in [0.29, 0.717) is 14.8 Å². The molecular formula is C24H16F2IN3O3S. The normalized spacial score (nSPS) is 10.6. The van der Waals surface area contributed by atoms with Gasteiger partial charge in [0.15, 0.2) is 0 Å². The Hall–Kier alpha value is -3.51. The minimum absolute atomic E-state index is 0.0395. The van der Waals surface area contributed by atoms with E-state index < -0.39 is 17.5 Å². The van der Waals surface area contributed by atoms with Crippen molar-refractivity contribution < 1.29 is 23.1 Å². The molecule has 0 unspecified atom stereocenters. The first kappa shape index (κ1) is 23.6. The van der Waals surface area contributed by atoms with Gasteiger partial charge in [0.2, 0.25) is 0 Å². The first-order valence-corrected chi connectivity index (χ1v) is 11.8. The summed E-state index contributed by atoms with van der Waals surface area (Å²) in [6.45, 7) is 0. The molecule has 0 atom stereocenters. The minimum Gasteiger partial charge on any atom is -0.456 e. The number of carbonyl (C=O) groups is 2. The van der Waals surface area contributed by atoms with Crippen LogP contribution in [0.1, 0.15) is 20.7 Å². The number of hydrogen-bond donors (Lipinski definition) is 3. The molecule has 0 saturated heterocycles. The topological polar surface area (TPSA) is 93.5 Å². The molecule has 6 nitrogen and oxygen atoms in total. The van der Waals surface area contributed by atoms with Crippen LogP contribution >= 0.6 is 33.9 Å². The van der Waals surface area contributed by atoms with Gasteiger partial charge in [0, 0.05) is 26.8 Å². The molecule has 2 amide bonds. The highest BCUT2D eigenvalue weighted by molar-refractivity contribution is 14.1. The second-order valence-electron chi connectivity index (χ2n) is 7.04. The summed E-state index contributed by atoms with van der Waals surface area (Å²) < 4.78 is 35.2. The molecule has 1 aromatic heterocycles. The molecule has 3 aromatic carbocycles. The molecule has 0 radical (unpaired) electrons. The van der Waals surface area contributed by atoms with Gasteiger partial charge in [-0.2, -0.15) is 11.3 Å². The van der Waals surface area contributed by atoms with Crippen LogP contribution in [-0.4, -0.2) is 11.8 Å². The predicted molar refractivity (Wildman–Crippen MR) is 136 cm³/mol. The zero-order valence-electron chi connectivity index (χ0n) is 17.3. The summed E-state index contributed by atoms with van der Waals surface area (Å²) in [7, 11) is 0. The van der Waals surface area contributed by atoms with Crippen LogP contribution in [-0.2, 0) is 0 Å². The standard InChI is InChI=1S/C24H16F2IN3O3S/c25-14-8-20(30-19-5-4-15(27)10-18(19)26)22(23(28)31)21(9-14)33-17-3-1-2-16(11-17)29-24(32)13-6-7-34-12-13/h1-12,30H,(H2,28,31)(H,29,32). The van der Waals surface area contributed by atoms with Crippen molar-refractivity contribution in [2.24, 2.45) is 5.73 Å². The number of primary amides is 1. The molecule has 0 bridgehead atoms. The molecule has 0 fully saturated rings. The van der Waals surface area contributed by atoms with Gasteiger partial charge in [-0.05, 0) is 70.4 Å². The number of benzene rings is 3. The number of carbonyl (C=O) groups excluding carboxylic acids is 2. The van der Waals surface area contributed by atoms with Gasteiger partial charge in [0.25, 0.3) is 11.8 Å². The second-order valence-corrected chi connectivity index (χ2v) is 9.06. The Morgan fingerprint density at radius 1 is 1.00 bits per heavy atom. The highest BCUT2D eigenvalue weighted by Crippen LogP contribution is 2.35. The minimum atomic E-state index is -0.898. The van der Waals surface area contributed by atoms with E-state index in [2.05, 4.69) is 10.6 Å². The largest absolute Gasteiger partial charge is 0.456 e. The Morgan fingerprint density at radius 2 is 1.82 bits per heavy atom. The molecule has 1 heterocycles. The maximum absolute atomic E-state index is 14.4. The third kappa shape index (κ3) is 5.51. The Kier molecular flexibility index (Phi) is 7.08. The van der Waals surface area contributed by atoms with Crippen LogP contribution in [0.5, 0.6) is 11.5 Å². The van der Waals surface area contributed by atoms with E-state index in [9.17, 15) is 18.4 Å². The molecular weight excluding hydrogens is 575 g/mol. The van der Waals surface area contributed by atoms with Crippen molar-refractivity contribution in [2.45, 2.75) is 0 Å². The van der Waals surface area contributed by atoms with Crippen LogP contribution in [0.15, 0.2) is 71.4 Å². The van der Waals surface area contributed by atoms with Crippen LogP contribution < -0.4 is 21.1 Å². The van der Waals surface area contributed by atoms with Crippen molar-refractivity contribution in [3.05, 3.63) is 97.8 Å². The predicted octanol–water partition coefficient (Wildman–Crippen LogP) is 6.52. The summed E-state index contributed by atoms with van der Waals surface area (Å²) in [5, 5.41) is 8.96. The van der Waals surface area contributed by atoms with Crippen LogP contribution in [0.25, 0.3) is 0 Å². The van der Waals surface area contributed by atoms with E-state index in [1.54, 1.807) is 41.1 Å². The lowest BCUT2D eigenvalue weighted by Gasteiger charge is -2.16. The van der Waals surface area contributed by atoms with Crippen molar-refractivity contribution >= 4 is 62.8 Å². The van der Waals surface area contributed by atoms with Gasteiger partial charge < -0.3 is 21.1 Å². The second kappa shape index (κ2) is 10.2. The van der Waals surface area contributed by atoms with Crippen LogP contribution in [0.2, 0.25) is 0 Å². The van der Waals surface area contributed by atoms with Gasteiger partial charge in [0.1, 0.15) is 28.7 Å². The molecule has 0 saturated carbocycles. The van der Waals surface area contributed by atoms with Gasteiger partial charge in [-0.25, -0.2) is 8.78 Å². The Labute approximate surface area is 210 Å². The monoisotopic (exact) mass is 591 g/mol. The number of halogens is 3. The number of rotatable bonds is 7. The van der Waals surface area contributed by atoms with E-state index in [4.69, 9.17) is 10.5 Å². The fourth-order valence-electron chi connectivity index (χ4n) is 3.11. The van der Waals surface area contributed by atoms with E-state index in [1.807, 2.05) is 22.6 Å². The van der Waals surface area contributed by atoms with E-state index in [-0.39, 0.29) is 34.3 Å². The Balaban J connectivity index is 1.64. The van der Waals surface area contributed by atoms with Crippen LogP contribution in [0, 0.1) is 15.2 Å². The number of ether oxygens (including phenoxy) is 1.